The molecule has 6 aromatic rings. The molecule has 6 rings (SSSR count). The molecule has 2 aromatic heterocycles. The van der Waals surface area contributed by atoms with E-state index in [0.717, 1.165) is 27.5 Å². The molecule has 4 aromatic carbocycles. The van der Waals surface area contributed by atoms with Crippen LogP contribution in [0.3, 0.4) is 0 Å². The smallest absolute Gasteiger partial charge is 0.267 e. The molecule has 0 amide bonds. The molecular weight excluding hydrogens is 372 g/mol. The van der Waals surface area contributed by atoms with Gasteiger partial charge in [0.1, 0.15) is 0 Å². The van der Waals surface area contributed by atoms with Crippen molar-refractivity contribution >= 4 is 27.5 Å². The summed E-state index contributed by atoms with van der Waals surface area (Å²) in [5.74, 6) is 1.20. The first-order valence-electron chi connectivity index (χ1n) is 9.75. The molecule has 0 aliphatic rings. The highest BCUT2D eigenvalue weighted by molar-refractivity contribution is 5.96. The molecule has 0 aliphatic heterocycles. The van der Waals surface area contributed by atoms with Crippen LogP contribution in [0.5, 0.6) is 0 Å². The van der Waals surface area contributed by atoms with E-state index < -0.39 is 0 Å². The Hall–Kier alpha value is -4.25. The summed E-state index contributed by atoms with van der Waals surface area (Å²) in [6, 6.07) is 31.5. The minimum absolute atomic E-state index is 0.110. The van der Waals surface area contributed by atoms with Gasteiger partial charge in [-0.15, -0.1) is 10.2 Å². The van der Waals surface area contributed by atoms with Crippen LogP contribution in [-0.2, 0) is 0 Å². The monoisotopic (exact) mass is 388 g/mol. The van der Waals surface area contributed by atoms with E-state index >= 15 is 0 Å². The van der Waals surface area contributed by atoms with E-state index in [4.69, 9.17) is 0 Å². The van der Waals surface area contributed by atoms with Gasteiger partial charge in [-0.3, -0.25) is 9.20 Å². The average Bonchev–Trinajstić information content (AvgIpc) is 3.24. The molecule has 5 nitrogen and oxygen atoms in total. The van der Waals surface area contributed by atoms with E-state index in [-0.39, 0.29) is 5.56 Å². The lowest BCUT2D eigenvalue weighted by Gasteiger charge is -2.12. The Morgan fingerprint density at radius 1 is 0.633 bits per heavy atom. The van der Waals surface area contributed by atoms with Gasteiger partial charge in [0.2, 0.25) is 5.78 Å². The maximum absolute atomic E-state index is 13.4. The predicted octanol–water partition coefficient (Wildman–Crippen LogP) is 4.85. The van der Waals surface area contributed by atoms with Gasteiger partial charge in [-0.1, -0.05) is 72.8 Å². The fourth-order valence-corrected chi connectivity index (χ4v) is 4.11. The molecule has 0 aliphatic carbocycles. The molecule has 5 heteroatoms. The molecule has 0 spiro atoms. The van der Waals surface area contributed by atoms with Crippen molar-refractivity contribution in [2.45, 2.75) is 0 Å². The van der Waals surface area contributed by atoms with Crippen LogP contribution < -0.4 is 5.56 Å². The van der Waals surface area contributed by atoms with Gasteiger partial charge in [0.05, 0.1) is 16.6 Å². The van der Waals surface area contributed by atoms with Crippen LogP contribution in [-0.4, -0.2) is 19.2 Å². The van der Waals surface area contributed by atoms with Crippen molar-refractivity contribution in [3.8, 4) is 17.1 Å². The molecule has 0 radical (unpaired) electrons. The van der Waals surface area contributed by atoms with Crippen molar-refractivity contribution < 1.29 is 0 Å². The van der Waals surface area contributed by atoms with E-state index in [0.29, 0.717) is 17.0 Å². The zero-order valence-electron chi connectivity index (χ0n) is 15.9. The van der Waals surface area contributed by atoms with Gasteiger partial charge in [0, 0.05) is 5.56 Å². The maximum Gasteiger partial charge on any atom is 0.267 e. The number of hydrogen-bond donors (Lipinski definition) is 0. The van der Waals surface area contributed by atoms with E-state index in [2.05, 4.69) is 28.4 Å². The maximum atomic E-state index is 13.4. The molecule has 0 atom stereocenters. The summed E-state index contributed by atoms with van der Waals surface area (Å²) >= 11 is 0. The number of rotatable bonds is 2. The van der Waals surface area contributed by atoms with Gasteiger partial charge in [-0.05, 0) is 35.0 Å². The van der Waals surface area contributed by atoms with Gasteiger partial charge in [-0.25, -0.2) is 4.57 Å². The quantitative estimate of drug-likeness (QED) is 0.426. The Morgan fingerprint density at radius 3 is 2.20 bits per heavy atom. The Kier molecular flexibility index (Phi) is 3.55. The Balaban J connectivity index is 1.81. The molecule has 0 unspecified atom stereocenters. The van der Waals surface area contributed by atoms with Gasteiger partial charge < -0.3 is 0 Å². The molecular formula is C25H16N4O. The second-order valence-corrected chi connectivity index (χ2v) is 7.18. The van der Waals surface area contributed by atoms with Crippen LogP contribution in [0, 0.1) is 0 Å². The first-order valence-corrected chi connectivity index (χ1v) is 9.75. The minimum atomic E-state index is -0.110. The number of hydrogen-bond acceptors (Lipinski definition) is 3. The van der Waals surface area contributed by atoms with E-state index in [9.17, 15) is 4.79 Å². The summed E-state index contributed by atoms with van der Waals surface area (Å²) in [6.45, 7) is 0. The standard InChI is InChI=1S/C25H16N4O/c30-24-21-14-6-7-16-22(21)29-23(20-15-8-10-17-9-4-5-13-19(17)20)26-27-25(29)28(24)18-11-2-1-3-12-18/h1-16H. The molecule has 142 valence electrons. The second-order valence-electron chi connectivity index (χ2n) is 7.18. The molecule has 0 saturated heterocycles. The SMILES string of the molecule is O=c1c2ccccc2n2c(-c3cccc4ccccc34)nnc2n1-c1ccccc1. The topological polar surface area (TPSA) is 52.2 Å². The fourth-order valence-electron chi connectivity index (χ4n) is 4.11. The third-order valence-corrected chi connectivity index (χ3v) is 5.47. The van der Waals surface area contributed by atoms with E-state index in [1.165, 1.54) is 0 Å². The van der Waals surface area contributed by atoms with Crippen molar-refractivity contribution in [1.29, 1.82) is 0 Å². The summed E-state index contributed by atoms with van der Waals surface area (Å²) in [6.07, 6.45) is 0. The Labute approximate surface area is 171 Å². The number of aromatic nitrogens is 4. The van der Waals surface area contributed by atoms with E-state index in [1.54, 1.807) is 4.57 Å². The molecule has 2 heterocycles. The van der Waals surface area contributed by atoms with Crippen LogP contribution in [0.1, 0.15) is 0 Å². The lowest BCUT2D eigenvalue weighted by molar-refractivity contribution is 0.967. The van der Waals surface area contributed by atoms with Gasteiger partial charge in [0.25, 0.3) is 5.56 Å². The zero-order chi connectivity index (χ0) is 20.1. The van der Waals surface area contributed by atoms with Crippen molar-refractivity contribution in [2.24, 2.45) is 0 Å². The van der Waals surface area contributed by atoms with Crippen molar-refractivity contribution in [1.82, 2.24) is 19.2 Å². The third-order valence-electron chi connectivity index (χ3n) is 5.47. The highest BCUT2D eigenvalue weighted by atomic mass is 16.1. The number of fused-ring (bicyclic) bond motifs is 4. The van der Waals surface area contributed by atoms with Crippen molar-refractivity contribution in [2.75, 3.05) is 0 Å². The highest BCUT2D eigenvalue weighted by Crippen LogP contribution is 2.29. The van der Waals surface area contributed by atoms with Gasteiger partial charge in [-0.2, -0.15) is 0 Å². The van der Waals surface area contributed by atoms with Crippen molar-refractivity contribution in [3.05, 3.63) is 107 Å². The molecule has 0 fully saturated rings. The fraction of sp³-hybridized carbons (Fsp3) is 0. The molecule has 0 N–H and O–H groups in total. The largest absolute Gasteiger partial charge is 0.268 e. The summed E-state index contributed by atoms with van der Waals surface area (Å²) in [7, 11) is 0. The number of benzene rings is 4. The first kappa shape index (κ1) is 16.7. The molecule has 30 heavy (non-hydrogen) atoms. The average molecular weight is 388 g/mol. The lowest BCUT2D eigenvalue weighted by Crippen LogP contribution is -2.21. The summed E-state index contributed by atoms with van der Waals surface area (Å²) in [5.41, 5.74) is 2.41. The highest BCUT2D eigenvalue weighted by Gasteiger charge is 2.19. The lowest BCUT2D eigenvalue weighted by atomic mass is 10.0. The van der Waals surface area contributed by atoms with Crippen LogP contribution >= 0.6 is 0 Å². The zero-order valence-corrected chi connectivity index (χ0v) is 15.9. The first-order chi connectivity index (χ1) is 14.8. The van der Waals surface area contributed by atoms with Crippen molar-refractivity contribution in [3.63, 3.8) is 0 Å². The third kappa shape index (κ3) is 2.32. The van der Waals surface area contributed by atoms with Gasteiger partial charge >= 0.3 is 0 Å². The number of nitrogens with zero attached hydrogens (tertiary/aromatic N) is 4. The van der Waals surface area contributed by atoms with Crippen LogP contribution in [0.25, 0.3) is 44.5 Å². The summed E-state index contributed by atoms with van der Waals surface area (Å²) < 4.78 is 3.61. The predicted molar refractivity (Wildman–Crippen MR) is 119 cm³/mol. The van der Waals surface area contributed by atoms with Gasteiger partial charge in [0.15, 0.2) is 5.82 Å². The van der Waals surface area contributed by atoms with E-state index in [1.807, 2.05) is 83.3 Å². The van der Waals surface area contributed by atoms with Crippen LogP contribution in [0.15, 0.2) is 102 Å². The summed E-state index contributed by atoms with van der Waals surface area (Å²) in [4.78, 5) is 13.4. The summed E-state index contributed by atoms with van der Waals surface area (Å²) in [5, 5.41) is 11.9. The Bertz CT molecular complexity index is 1610. The molecule has 0 bridgehead atoms. The normalized spacial score (nSPS) is 11.5. The van der Waals surface area contributed by atoms with Crippen LogP contribution in [0.2, 0.25) is 0 Å². The second kappa shape index (κ2) is 6.39. The Morgan fingerprint density at radius 2 is 1.33 bits per heavy atom. The number of para-hydroxylation sites is 2. The minimum Gasteiger partial charge on any atom is -0.268 e. The molecule has 0 saturated carbocycles. The van der Waals surface area contributed by atoms with Crippen LogP contribution in [0.4, 0.5) is 0 Å².